The third kappa shape index (κ3) is 2.18. The van der Waals surface area contributed by atoms with Gasteiger partial charge in [-0.15, -0.1) is 0 Å². The second-order valence-electron chi connectivity index (χ2n) is 4.92. The van der Waals surface area contributed by atoms with Crippen molar-refractivity contribution < 1.29 is 9.59 Å². The zero-order valence-electron chi connectivity index (χ0n) is 10.7. The predicted molar refractivity (Wildman–Crippen MR) is 64.3 cm³/mol. The van der Waals surface area contributed by atoms with Crippen LogP contribution < -0.4 is 5.32 Å². The van der Waals surface area contributed by atoms with Gasteiger partial charge in [0.15, 0.2) is 0 Å². The Labute approximate surface area is 105 Å². The molecule has 0 bridgehead atoms. The van der Waals surface area contributed by atoms with Crippen LogP contribution in [0.3, 0.4) is 0 Å². The first kappa shape index (κ1) is 12.5. The Balaban J connectivity index is 2.24. The largest absolute Gasteiger partial charge is 0.340 e. The number of piperazine rings is 1. The van der Waals surface area contributed by atoms with Gasteiger partial charge in [0.1, 0.15) is 17.9 Å². The number of hydrogen-bond acceptors (Lipinski definition) is 4. The van der Waals surface area contributed by atoms with Crippen molar-refractivity contribution in [2.45, 2.75) is 38.9 Å². The summed E-state index contributed by atoms with van der Waals surface area (Å²) >= 11 is 0. The van der Waals surface area contributed by atoms with Gasteiger partial charge in [0.2, 0.25) is 11.8 Å². The van der Waals surface area contributed by atoms with E-state index in [1.54, 1.807) is 37.9 Å². The smallest absolute Gasteiger partial charge is 0.248 e. The molecule has 1 aliphatic heterocycles. The molecule has 1 fully saturated rings. The molecule has 0 aromatic carbocycles. The fourth-order valence-electron chi connectivity index (χ4n) is 1.94. The fourth-order valence-corrected chi connectivity index (χ4v) is 1.94. The Morgan fingerprint density at radius 2 is 2.17 bits per heavy atom. The molecule has 1 aromatic heterocycles. The Kier molecular flexibility index (Phi) is 3.02. The van der Waals surface area contributed by atoms with E-state index in [2.05, 4.69) is 15.3 Å². The van der Waals surface area contributed by atoms with Gasteiger partial charge in [-0.25, -0.2) is 9.97 Å². The van der Waals surface area contributed by atoms with E-state index in [0.29, 0.717) is 6.54 Å². The summed E-state index contributed by atoms with van der Waals surface area (Å²) in [5.74, 6) is -0.248. The molecule has 2 rings (SSSR count). The SMILES string of the molecule is CC1C(=O)NC(C)(C)C(=O)N1Cc1ccncn1. The lowest BCUT2D eigenvalue weighted by Gasteiger charge is -2.41. The van der Waals surface area contributed by atoms with Crippen LogP contribution in [0, 0.1) is 0 Å². The van der Waals surface area contributed by atoms with Gasteiger partial charge in [0, 0.05) is 6.20 Å². The van der Waals surface area contributed by atoms with Crippen molar-refractivity contribution in [3.8, 4) is 0 Å². The van der Waals surface area contributed by atoms with E-state index in [1.807, 2.05) is 0 Å². The molecule has 1 unspecified atom stereocenters. The van der Waals surface area contributed by atoms with Gasteiger partial charge < -0.3 is 10.2 Å². The summed E-state index contributed by atoms with van der Waals surface area (Å²) in [4.78, 5) is 33.5. The van der Waals surface area contributed by atoms with Crippen LogP contribution in [-0.4, -0.2) is 38.3 Å². The average Bonchev–Trinajstić information content (AvgIpc) is 2.33. The topological polar surface area (TPSA) is 75.2 Å². The van der Waals surface area contributed by atoms with E-state index in [4.69, 9.17) is 0 Å². The lowest BCUT2D eigenvalue weighted by Crippen LogP contribution is -2.67. The minimum atomic E-state index is -0.864. The molecule has 0 radical (unpaired) electrons. The molecule has 2 amide bonds. The number of aromatic nitrogens is 2. The van der Waals surface area contributed by atoms with E-state index >= 15 is 0 Å². The first-order chi connectivity index (χ1) is 8.42. The summed E-state index contributed by atoms with van der Waals surface area (Å²) in [6.45, 7) is 5.43. The van der Waals surface area contributed by atoms with Crippen molar-refractivity contribution >= 4 is 11.8 Å². The second-order valence-corrected chi connectivity index (χ2v) is 4.92. The molecule has 6 heteroatoms. The van der Waals surface area contributed by atoms with E-state index < -0.39 is 11.6 Å². The average molecular weight is 248 g/mol. The van der Waals surface area contributed by atoms with Crippen LogP contribution >= 0.6 is 0 Å². The van der Waals surface area contributed by atoms with Gasteiger partial charge in [0.05, 0.1) is 12.2 Å². The van der Waals surface area contributed by atoms with Gasteiger partial charge in [-0.2, -0.15) is 0 Å². The fraction of sp³-hybridized carbons (Fsp3) is 0.500. The van der Waals surface area contributed by atoms with E-state index in [0.717, 1.165) is 5.69 Å². The number of carbonyl (C=O) groups excluding carboxylic acids is 2. The molecule has 18 heavy (non-hydrogen) atoms. The van der Waals surface area contributed by atoms with E-state index in [9.17, 15) is 9.59 Å². The molecule has 1 N–H and O–H groups in total. The van der Waals surface area contributed by atoms with Gasteiger partial charge >= 0.3 is 0 Å². The maximum absolute atomic E-state index is 12.3. The zero-order chi connectivity index (χ0) is 13.3. The third-order valence-electron chi connectivity index (χ3n) is 3.05. The molecule has 96 valence electrons. The molecule has 1 aromatic rings. The van der Waals surface area contributed by atoms with Crippen LogP contribution in [0.15, 0.2) is 18.6 Å². The monoisotopic (exact) mass is 248 g/mol. The number of hydrogen-bond donors (Lipinski definition) is 1. The van der Waals surface area contributed by atoms with Crippen molar-refractivity contribution in [3.63, 3.8) is 0 Å². The van der Waals surface area contributed by atoms with Crippen LogP contribution in [0.5, 0.6) is 0 Å². The van der Waals surface area contributed by atoms with E-state index in [1.165, 1.54) is 6.33 Å². The number of amides is 2. The molecule has 1 atom stereocenters. The van der Waals surface area contributed by atoms with Crippen LogP contribution in [0.25, 0.3) is 0 Å². The molecule has 0 saturated carbocycles. The molecule has 1 aliphatic rings. The lowest BCUT2D eigenvalue weighted by atomic mass is 9.97. The molecule has 0 aliphatic carbocycles. The molecular weight excluding hydrogens is 232 g/mol. The summed E-state index contributed by atoms with van der Waals surface area (Å²) in [7, 11) is 0. The Morgan fingerprint density at radius 1 is 1.44 bits per heavy atom. The highest BCUT2D eigenvalue weighted by Gasteiger charge is 2.43. The summed E-state index contributed by atoms with van der Waals surface area (Å²) in [5.41, 5.74) is -0.146. The summed E-state index contributed by atoms with van der Waals surface area (Å²) in [5, 5.41) is 2.71. The highest BCUT2D eigenvalue weighted by molar-refractivity contribution is 5.99. The number of nitrogens with zero attached hydrogens (tertiary/aromatic N) is 3. The summed E-state index contributed by atoms with van der Waals surface area (Å²) in [6.07, 6.45) is 3.05. The van der Waals surface area contributed by atoms with Crippen molar-refractivity contribution in [3.05, 3.63) is 24.3 Å². The van der Waals surface area contributed by atoms with Crippen LogP contribution in [0.2, 0.25) is 0 Å². The van der Waals surface area contributed by atoms with Gasteiger partial charge in [-0.1, -0.05) is 0 Å². The van der Waals surface area contributed by atoms with Crippen molar-refractivity contribution in [2.75, 3.05) is 0 Å². The first-order valence-corrected chi connectivity index (χ1v) is 5.80. The Morgan fingerprint density at radius 3 is 2.78 bits per heavy atom. The normalized spacial score (nSPS) is 22.8. The predicted octanol–water partition coefficient (Wildman–Crippen LogP) is 0.102. The van der Waals surface area contributed by atoms with Crippen LogP contribution in [0.1, 0.15) is 26.5 Å². The number of rotatable bonds is 2. The minimum absolute atomic E-state index is 0.104. The second kappa shape index (κ2) is 4.36. The van der Waals surface area contributed by atoms with Crippen LogP contribution in [0.4, 0.5) is 0 Å². The van der Waals surface area contributed by atoms with E-state index in [-0.39, 0.29) is 11.8 Å². The first-order valence-electron chi connectivity index (χ1n) is 5.80. The zero-order valence-corrected chi connectivity index (χ0v) is 10.7. The van der Waals surface area contributed by atoms with Crippen molar-refractivity contribution in [1.29, 1.82) is 0 Å². The highest BCUT2D eigenvalue weighted by Crippen LogP contribution is 2.19. The highest BCUT2D eigenvalue weighted by atomic mass is 16.2. The van der Waals surface area contributed by atoms with Crippen LogP contribution in [-0.2, 0) is 16.1 Å². The standard InChI is InChI=1S/C12H16N4O2/c1-8-10(17)15-12(2,3)11(18)16(8)6-9-4-5-13-7-14-9/h4-5,7-8H,6H2,1-3H3,(H,15,17). The van der Waals surface area contributed by atoms with Gasteiger partial charge in [0.25, 0.3) is 0 Å². The molecule has 0 spiro atoms. The number of nitrogens with one attached hydrogen (secondary N) is 1. The summed E-state index contributed by atoms with van der Waals surface area (Å²) in [6, 6.07) is 1.25. The van der Waals surface area contributed by atoms with Crippen molar-refractivity contribution in [2.24, 2.45) is 0 Å². The van der Waals surface area contributed by atoms with Crippen molar-refractivity contribution in [1.82, 2.24) is 20.2 Å². The summed E-state index contributed by atoms with van der Waals surface area (Å²) < 4.78 is 0. The molecule has 6 nitrogen and oxygen atoms in total. The molecular formula is C12H16N4O2. The molecule has 2 heterocycles. The van der Waals surface area contributed by atoms with Gasteiger partial charge in [-0.05, 0) is 26.8 Å². The maximum atomic E-state index is 12.3. The Bertz CT molecular complexity index is 472. The Hall–Kier alpha value is -1.98. The maximum Gasteiger partial charge on any atom is 0.248 e. The number of carbonyl (C=O) groups is 2. The quantitative estimate of drug-likeness (QED) is 0.805. The lowest BCUT2D eigenvalue weighted by molar-refractivity contribution is -0.153. The molecule has 1 saturated heterocycles. The van der Waals surface area contributed by atoms with Gasteiger partial charge in [-0.3, -0.25) is 9.59 Å². The minimum Gasteiger partial charge on any atom is -0.340 e. The third-order valence-corrected chi connectivity index (χ3v) is 3.05.